The average molecular weight is 485 g/mol. The van der Waals surface area contributed by atoms with Gasteiger partial charge in [-0.2, -0.15) is 12.6 Å². The van der Waals surface area contributed by atoms with E-state index in [0.717, 1.165) is 0 Å². The van der Waals surface area contributed by atoms with Gasteiger partial charge in [0, 0.05) is 18.6 Å². The lowest BCUT2D eigenvalue weighted by Gasteiger charge is -2.24. The third-order valence-corrected chi connectivity index (χ3v) is 4.89. The van der Waals surface area contributed by atoms with E-state index in [2.05, 4.69) is 28.6 Å². The number of carbonyl (C=O) groups is 5. The number of carboxylic acids is 2. The maximum atomic E-state index is 12.9. The minimum absolute atomic E-state index is 0.00687. The van der Waals surface area contributed by atoms with Gasteiger partial charge in [0.1, 0.15) is 24.2 Å². The van der Waals surface area contributed by atoms with Gasteiger partial charge in [0.2, 0.25) is 17.7 Å². The number of rotatable bonds is 14. The molecule has 1 aromatic carbocycles. The second-order valence-electron chi connectivity index (χ2n) is 7.12. The van der Waals surface area contributed by atoms with Crippen LogP contribution < -0.4 is 21.7 Å². The van der Waals surface area contributed by atoms with E-state index < -0.39 is 66.9 Å². The van der Waals surface area contributed by atoms with Crippen LogP contribution in [0, 0.1) is 0 Å². The molecular weight excluding hydrogens is 456 g/mol. The zero-order chi connectivity index (χ0) is 25.0. The first kappa shape index (κ1) is 27.9. The van der Waals surface area contributed by atoms with Crippen LogP contribution in [-0.4, -0.2) is 81.5 Å². The highest BCUT2D eigenvalue weighted by Gasteiger charge is 2.30. The van der Waals surface area contributed by atoms with E-state index in [1.54, 1.807) is 30.3 Å². The van der Waals surface area contributed by atoms with E-state index in [4.69, 9.17) is 15.9 Å². The van der Waals surface area contributed by atoms with Gasteiger partial charge >= 0.3 is 11.9 Å². The number of aliphatic hydroxyl groups excluding tert-OH is 1. The van der Waals surface area contributed by atoms with Crippen LogP contribution in [0.4, 0.5) is 0 Å². The van der Waals surface area contributed by atoms with Crippen molar-refractivity contribution in [2.24, 2.45) is 5.73 Å². The molecule has 0 spiro atoms. The normalized spacial score (nSPS) is 14.3. The smallest absolute Gasteiger partial charge is 0.327 e. The molecule has 0 aromatic heterocycles. The fourth-order valence-corrected chi connectivity index (χ4v) is 2.93. The minimum atomic E-state index is -1.36. The molecule has 33 heavy (non-hydrogen) atoms. The number of nitrogens with two attached hydrogens (primary N) is 1. The fraction of sp³-hybridized carbons (Fsp3) is 0.450. The lowest BCUT2D eigenvalue weighted by atomic mass is 10.0. The van der Waals surface area contributed by atoms with Gasteiger partial charge in [-0.05, 0) is 12.0 Å². The first-order chi connectivity index (χ1) is 15.6. The van der Waals surface area contributed by atoms with E-state index in [1.807, 2.05) is 0 Å². The van der Waals surface area contributed by atoms with Gasteiger partial charge in [-0.15, -0.1) is 0 Å². The Balaban J connectivity index is 3.08. The van der Waals surface area contributed by atoms with Crippen LogP contribution in [-0.2, 0) is 30.4 Å². The van der Waals surface area contributed by atoms with Gasteiger partial charge in [0.25, 0.3) is 0 Å². The molecular formula is C20H28N4O8S. The zero-order valence-corrected chi connectivity index (χ0v) is 18.5. The predicted octanol–water partition coefficient (Wildman–Crippen LogP) is -2.12. The highest BCUT2D eigenvalue weighted by molar-refractivity contribution is 7.80. The summed E-state index contributed by atoms with van der Waals surface area (Å²) >= 11 is 3.89. The van der Waals surface area contributed by atoms with Gasteiger partial charge < -0.3 is 37.0 Å². The van der Waals surface area contributed by atoms with E-state index >= 15 is 0 Å². The zero-order valence-electron chi connectivity index (χ0n) is 17.6. The van der Waals surface area contributed by atoms with Crippen molar-refractivity contribution in [2.75, 3.05) is 12.4 Å². The molecule has 0 fully saturated rings. The molecule has 12 nitrogen and oxygen atoms in total. The predicted molar refractivity (Wildman–Crippen MR) is 119 cm³/mol. The minimum Gasteiger partial charge on any atom is -0.481 e. The van der Waals surface area contributed by atoms with Crippen molar-refractivity contribution in [1.29, 1.82) is 0 Å². The summed E-state index contributed by atoms with van der Waals surface area (Å²) < 4.78 is 0. The van der Waals surface area contributed by atoms with Gasteiger partial charge in [-0.25, -0.2) is 4.79 Å². The maximum absolute atomic E-state index is 12.9. The Morgan fingerprint density at radius 2 is 1.42 bits per heavy atom. The number of amides is 3. The van der Waals surface area contributed by atoms with Crippen LogP contribution >= 0.6 is 12.6 Å². The second-order valence-corrected chi connectivity index (χ2v) is 7.48. The summed E-state index contributed by atoms with van der Waals surface area (Å²) in [4.78, 5) is 59.9. The van der Waals surface area contributed by atoms with E-state index in [0.29, 0.717) is 5.56 Å². The van der Waals surface area contributed by atoms with Gasteiger partial charge in [0.15, 0.2) is 0 Å². The molecule has 0 saturated heterocycles. The van der Waals surface area contributed by atoms with Crippen molar-refractivity contribution in [3.8, 4) is 0 Å². The summed E-state index contributed by atoms with van der Waals surface area (Å²) in [7, 11) is 0. The lowest BCUT2D eigenvalue weighted by molar-refractivity contribution is -0.141. The van der Waals surface area contributed by atoms with Gasteiger partial charge in [0.05, 0.1) is 6.61 Å². The van der Waals surface area contributed by atoms with Crippen LogP contribution in [0.2, 0.25) is 0 Å². The molecule has 0 aliphatic rings. The van der Waals surface area contributed by atoms with Crippen LogP contribution in [0.15, 0.2) is 30.3 Å². The van der Waals surface area contributed by atoms with E-state index in [9.17, 15) is 29.1 Å². The Kier molecular flexibility index (Phi) is 11.9. The highest BCUT2D eigenvalue weighted by Crippen LogP contribution is 2.06. The number of aliphatic carboxylic acids is 2. The molecule has 0 heterocycles. The number of thiol groups is 1. The van der Waals surface area contributed by atoms with Gasteiger partial charge in [-0.3, -0.25) is 19.2 Å². The molecule has 0 aliphatic heterocycles. The summed E-state index contributed by atoms with van der Waals surface area (Å²) in [5.74, 6) is -5.28. The van der Waals surface area contributed by atoms with Crippen LogP contribution in [0.1, 0.15) is 18.4 Å². The van der Waals surface area contributed by atoms with Crippen molar-refractivity contribution >= 4 is 42.3 Å². The summed E-state index contributed by atoms with van der Waals surface area (Å²) in [6, 6.07) is 3.34. The molecule has 13 heteroatoms. The summed E-state index contributed by atoms with van der Waals surface area (Å²) in [5.41, 5.74) is 6.09. The quantitative estimate of drug-likeness (QED) is 0.136. The SMILES string of the molecule is N[C@@H](CO)C(=O)N[C@@H](CCC(=O)O)C(=O)N[C@@H](Cc1ccccc1)C(=O)N[C@@H](CS)C(=O)O. The third-order valence-electron chi connectivity index (χ3n) is 4.53. The van der Waals surface area contributed by atoms with E-state index in [-0.39, 0.29) is 18.6 Å². The van der Waals surface area contributed by atoms with Crippen molar-refractivity contribution in [1.82, 2.24) is 16.0 Å². The molecule has 4 atom stereocenters. The number of benzene rings is 1. The average Bonchev–Trinajstić information content (AvgIpc) is 2.78. The lowest BCUT2D eigenvalue weighted by Crippen LogP contribution is -2.58. The number of nitrogens with one attached hydrogen (secondary N) is 3. The summed E-state index contributed by atoms with van der Waals surface area (Å²) in [5, 5.41) is 34.1. The van der Waals surface area contributed by atoms with Gasteiger partial charge in [-0.1, -0.05) is 30.3 Å². The van der Waals surface area contributed by atoms with Crippen LogP contribution in [0.3, 0.4) is 0 Å². The molecule has 8 N–H and O–H groups in total. The molecule has 1 aromatic rings. The molecule has 0 aliphatic carbocycles. The fourth-order valence-electron chi connectivity index (χ4n) is 2.69. The molecule has 3 amide bonds. The Morgan fingerprint density at radius 1 is 0.879 bits per heavy atom. The van der Waals surface area contributed by atoms with E-state index in [1.165, 1.54) is 0 Å². The monoisotopic (exact) mass is 484 g/mol. The Labute approximate surface area is 195 Å². The van der Waals surface area contributed by atoms with Crippen molar-refractivity contribution < 1.29 is 39.3 Å². The Hall–Kier alpha value is -3.16. The van der Waals surface area contributed by atoms with Crippen molar-refractivity contribution in [2.45, 2.75) is 43.4 Å². The number of aliphatic hydroxyl groups is 1. The number of carbonyl (C=O) groups excluding carboxylic acids is 3. The van der Waals surface area contributed by atoms with Crippen LogP contribution in [0.25, 0.3) is 0 Å². The number of hydrogen-bond acceptors (Lipinski definition) is 8. The number of hydrogen-bond donors (Lipinski definition) is 8. The first-order valence-electron chi connectivity index (χ1n) is 9.96. The van der Waals surface area contributed by atoms with Crippen molar-refractivity contribution in [3.05, 3.63) is 35.9 Å². The standard InChI is InChI=1S/C20H28N4O8S/c21-12(9-25)17(28)22-13(6-7-16(26)27)18(29)23-14(8-11-4-2-1-3-5-11)19(30)24-15(10-33)20(31)32/h1-5,12-15,25,33H,6-10,21H2,(H,22,28)(H,23,29)(H,24,30)(H,26,27)(H,31,32)/t12-,13-,14-,15-/m0/s1. The number of carboxylic acid groups (broad SMARTS) is 2. The largest absolute Gasteiger partial charge is 0.481 e. The first-order valence-corrected chi connectivity index (χ1v) is 10.6. The summed E-state index contributed by atoms with van der Waals surface area (Å²) in [6.07, 6.45) is -0.783. The van der Waals surface area contributed by atoms with Crippen molar-refractivity contribution in [3.63, 3.8) is 0 Å². The summed E-state index contributed by atoms with van der Waals surface area (Å²) in [6.45, 7) is -0.696. The molecule has 0 bridgehead atoms. The molecule has 1 rings (SSSR count). The topological polar surface area (TPSA) is 208 Å². The Morgan fingerprint density at radius 3 is 1.94 bits per heavy atom. The molecule has 0 radical (unpaired) electrons. The third kappa shape index (κ3) is 9.89. The second kappa shape index (κ2) is 14.1. The molecule has 0 unspecified atom stereocenters. The van der Waals surface area contributed by atoms with Crippen LogP contribution in [0.5, 0.6) is 0 Å². The molecule has 182 valence electrons. The maximum Gasteiger partial charge on any atom is 0.327 e. The Bertz CT molecular complexity index is 839. The molecule has 0 saturated carbocycles. The highest BCUT2D eigenvalue weighted by atomic mass is 32.1.